The molecule has 1 aromatic carbocycles. The second-order valence-corrected chi connectivity index (χ2v) is 4.83. The Labute approximate surface area is 99.8 Å². The number of anilines is 1. The van der Waals surface area contributed by atoms with Crippen LogP contribution >= 0.6 is 0 Å². The average Bonchev–Trinajstić information content (AvgIpc) is 2.88. The Morgan fingerprint density at radius 1 is 1.29 bits per heavy atom. The van der Waals surface area contributed by atoms with E-state index in [0.29, 0.717) is 11.8 Å². The molecule has 0 aliphatic carbocycles. The van der Waals surface area contributed by atoms with Gasteiger partial charge in [-0.1, -0.05) is 6.07 Å². The summed E-state index contributed by atoms with van der Waals surface area (Å²) in [5, 5.41) is 12.4. The minimum Gasteiger partial charge on any atom is -0.370 e. The molecule has 0 aromatic heterocycles. The van der Waals surface area contributed by atoms with Gasteiger partial charge in [0.25, 0.3) is 0 Å². The molecular formula is C13H14FN3. The number of fused-ring (bicyclic) bond motifs is 1. The second-order valence-electron chi connectivity index (χ2n) is 4.83. The fraction of sp³-hybridized carbons (Fsp3) is 0.462. The largest absolute Gasteiger partial charge is 0.370 e. The van der Waals surface area contributed by atoms with Crippen molar-refractivity contribution in [3.05, 3.63) is 29.6 Å². The molecule has 17 heavy (non-hydrogen) atoms. The molecule has 2 aliphatic heterocycles. The maximum absolute atomic E-state index is 13.5. The van der Waals surface area contributed by atoms with E-state index in [9.17, 15) is 4.39 Å². The quantitative estimate of drug-likeness (QED) is 0.793. The Morgan fingerprint density at radius 3 is 2.65 bits per heavy atom. The number of rotatable bonds is 1. The molecule has 1 aromatic rings. The lowest BCUT2D eigenvalue weighted by molar-refractivity contribution is 0.533. The van der Waals surface area contributed by atoms with Gasteiger partial charge in [0, 0.05) is 26.2 Å². The van der Waals surface area contributed by atoms with Crippen molar-refractivity contribution in [2.24, 2.45) is 11.8 Å². The normalized spacial score (nSPS) is 26.9. The molecule has 3 nitrogen and oxygen atoms in total. The Kier molecular flexibility index (Phi) is 2.49. The van der Waals surface area contributed by atoms with Crippen molar-refractivity contribution in [3.63, 3.8) is 0 Å². The topological polar surface area (TPSA) is 39.1 Å². The molecule has 0 radical (unpaired) electrons. The van der Waals surface area contributed by atoms with Gasteiger partial charge in [0.05, 0.1) is 5.69 Å². The summed E-state index contributed by atoms with van der Waals surface area (Å²) >= 11 is 0. The van der Waals surface area contributed by atoms with E-state index in [-0.39, 0.29) is 5.56 Å². The van der Waals surface area contributed by atoms with Crippen LogP contribution in [0, 0.1) is 29.0 Å². The molecule has 2 saturated heterocycles. The summed E-state index contributed by atoms with van der Waals surface area (Å²) in [5.74, 6) is 0.870. The number of hydrogen-bond donors (Lipinski definition) is 1. The van der Waals surface area contributed by atoms with Crippen LogP contribution in [0.3, 0.4) is 0 Å². The highest BCUT2D eigenvalue weighted by Gasteiger charge is 2.36. The van der Waals surface area contributed by atoms with Crippen LogP contribution < -0.4 is 10.2 Å². The van der Waals surface area contributed by atoms with Crippen LogP contribution in [0.25, 0.3) is 0 Å². The van der Waals surface area contributed by atoms with E-state index in [1.807, 2.05) is 12.1 Å². The van der Waals surface area contributed by atoms with E-state index in [2.05, 4.69) is 10.2 Å². The van der Waals surface area contributed by atoms with E-state index in [1.165, 1.54) is 6.07 Å². The van der Waals surface area contributed by atoms with Crippen molar-refractivity contribution in [1.82, 2.24) is 5.32 Å². The molecule has 2 atom stereocenters. The van der Waals surface area contributed by atoms with Gasteiger partial charge in [-0.3, -0.25) is 0 Å². The summed E-state index contributed by atoms with van der Waals surface area (Å²) in [6.07, 6.45) is 0. The highest BCUT2D eigenvalue weighted by molar-refractivity contribution is 5.60. The van der Waals surface area contributed by atoms with Crippen molar-refractivity contribution in [3.8, 4) is 6.07 Å². The maximum Gasteiger partial charge on any atom is 0.143 e. The summed E-state index contributed by atoms with van der Waals surface area (Å²) in [4.78, 5) is 2.15. The zero-order chi connectivity index (χ0) is 11.8. The zero-order valence-corrected chi connectivity index (χ0v) is 9.49. The van der Waals surface area contributed by atoms with Crippen molar-refractivity contribution in [2.75, 3.05) is 31.1 Å². The first-order chi connectivity index (χ1) is 8.29. The van der Waals surface area contributed by atoms with Gasteiger partial charge < -0.3 is 10.2 Å². The lowest BCUT2D eigenvalue weighted by Crippen LogP contribution is -2.26. The third kappa shape index (κ3) is 1.67. The van der Waals surface area contributed by atoms with E-state index in [1.54, 1.807) is 6.07 Å². The van der Waals surface area contributed by atoms with Crippen LogP contribution in [-0.2, 0) is 0 Å². The van der Waals surface area contributed by atoms with Crippen molar-refractivity contribution < 1.29 is 4.39 Å². The van der Waals surface area contributed by atoms with Crippen LogP contribution in [0.1, 0.15) is 5.56 Å². The van der Waals surface area contributed by atoms with Gasteiger partial charge in [-0.25, -0.2) is 4.39 Å². The average molecular weight is 231 g/mol. The smallest absolute Gasteiger partial charge is 0.143 e. The van der Waals surface area contributed by atoms with E-state index >= 15 is 0 Å². The number of nitrogens with one attached hydrogen (secondary N) is 1. The molecular weight excluding hydrogens is 217 g/mol. The first-order valence-electron chi connectivity index (χ1n) is 5.94. The number of benzene rings is 1. The van der Waals surface area contributed by atoms with Gasteiger partial charge in [0.15, 0.2) is 0 Å². The molecule has 0 unspecified atom stereocenters. The first kappa shape index (κ1) is 10.5. The van der Waals surface area contributed by atoms with Crippen LogP contribution in [0.4, 0.5) is 10.1 Å². The molecule has 0 bridgehead atoms. The summed E-state index contributed by atoms with van der Waals surface area (Å²) in [7, 11) is 0. The van der Waals surface area contributed by atoms with Crippen LogP contribution in [0.15, 0.2) is 18.2 Å². The Balaban J connectivity index is 1.91. The van der Waals surface area contributed by atoms with Crippen molar-refractivity contribution in [2.45, 2.75) is 0 Å². The number of nitriles is 1. The van der Waals surface area contributed by atoms with Crippen LogP contribution in [0.5, 0.6) is 0 Å². The van der Waals surface area contributed by atoms with Crippen molar-refractivity contribution >= 4 is 5.69 Å². The third-order valence-electron chi connectivity index (χ3n) is 3.83. The number of nitrogens with zero attached hydrogens (tertiary/aromatic N) is 2. The van der Waals surface area contributed by atoms with Crippen molar-refractivity contribution in [1.29, 1.82) is 5.26 Å². The minimum absolute atomic E-state index is 0.181. The van der Waals surface area contributed by atoms with Gasteiger partial charge in [0.1, 0.15) is 17.4 Å². The van der Waals surface area contributed by atoms with E-state index in [4.69, 9.17) is 5.26 Å². The molecule has 0 spiro atoms. The van der Waals surface area contributed by atoms with Gasteiger partial charge in [-0.15, -0.1) is 0 Å². The summed E-state index contributed by atoms with van der Waals surface area (Å²) in [6, 6.07) is 6.84. The zero-order valence-electron chi connectivity index (χ0n) is 9.49. The molecule has 4 heteroatoms. The minimum atomic E-state index is -0.416. The first-order valence-corrected chi connectivity index (χ1v) is 5.94. The van der Waals surface area contributed by atoms with Crippen LogP contribution in [-0.4, -0.2) is 26.2 Å². The fourth-order valence-electron chi connectivity index (χ4n) is 2.94. The van der Waals surface area contributed by atoms with Crippen LogP contribution in [0.2, 0.25) is 0 Å². The molecule has 2 fully saturated rings. The standard InChI is InChI=1S/C13H14FN3/c14-12-2-1-3-13(11(12)4-15)17-7-9-5-16-6-10(9)8-17/h1-3,9-10,16H,5-8H2/t9-,10+. The molecule has 88 valence electrons. The van der Waals surface area contributed by atoms with Gasteiger partial charge >= 0.3 is 0 Å². The molecule has 3 rings (SSSR count). The summed E-state index contributed by atoms with van der Waals surface area (Å²) < 4.78 is 13.5. The monoisotopic (exact) mass is 231 g/mol. The highest BCUT2D eigenvalue weighted by atomic mass is 19.1. The highest BCUT2D eigenvalue weighted by Crippen LogP contribution is 2.32. The third-order valence-corrected chi connectivity index (χ3v) is 3.83. The Bertz CT molecular complexity index is 468. The Morgan fingerprint density at radius 2 is 2.00 bits per heavy atom. The molecule has 0 amide bonds. The molecule has 1 N–H and O–H groups in total. The number of halogens is 1. The predicted molar refractivity (Wildman–Crippen MR) is 63.2 cm³/mol. The number of hydrogen-bond acceptors (Lipinski definition) is 3. The molecule has 2 aliphatic rings. The maximum atomic E-state index is 13.5. The van der Waals surface area contributed by atoms with Gasteiger partial charge in [-0.05, 0) is 24.0 Å². The lowest BCUT2D eigenvalue weighted by Gasteiger charge is -2.21. The molecule has 2 heterocycles. The molecule has 0 saturated carbocycles. The summed E-state index contributed by atoms with van der Waals surface area (Å²) in [6.45, 7) is 3.93. The van der Waals surface area contributed by atoms with Gasteiger partial charge in [0.2, 0.25) is 0 Å². The fourth-order valence-corrected chi connectivity index (χ4v) is 2.94. The Hall–Kier alpha value is -1.60. The predicted octanol–water partition coefficient (Wildman–Crippen LogP) is 1.35. The SMILES string of the molecule is N#Cc1c(F)cccc1N1C[C@H]2CNC[C@H]2C1. The summed E-state index contributed by atoms with van der Waals surface area (Å²) in [5.41, 5.74) is 0.933. The van der Waals surface area contributed by atoms with E-state index < -0.39 is 5.82 Å². The lowest BCUT2D eigenvalue weighted by atomic mass is 10.0. The van der Waals surface area contributed by atoms with Gasteiger partial charge in [-0.2, -0.15) is 5.26 Å². The second kappa shape index (κ2) is 4.01. The van der Waals surface area contributed by atoms with E-state index in [0.717, 1.165) is 31.9 Å².